The van der Waals surface area contributed by atoms with E-state index in [1.54, 1.807) is 14.2 Å². The highest BCUT2D eigenvalue weighted by Crippen LogP contribution is 2.34. The number of anilines is 3. The number of hydrogen-bond acceptors (Lipinski definition) is 6. The van der Waals surface area contributed by atoms with E-state index in [0.29, 0.717) is 11.6 Å². The van der Waals surface area contributed by atoms with Crippen molar-refractivity contribution in [2.24, 2.45) is 0 Å². The number of benzene rings is 1. The Balaban J connectivity index is 2.32. The first-order chi connectivity index (χ1) is 10.2. The van der Waals surface area contributed by atoms with E-state index in [4.69, 9.17) is 9.47 Å². The minimum atomic E-state index is 0.657. The molecule has 0 aliphatic heterocycles. The Bertz CT molecular complexity index is 622. The van der Waals surface area contributed by atoms with Gasteiger partial charge in [0.15, 0.2) is 0 Å². The summed E-state index contributed by atoms with van der Waals surface area (Å²) < 4.78 is 11.3. The highest BCUT2D eigenvalue weighted by molar-refractivity contribution is 9.10. The Hall–Kier alpha value is -2.02. The molecule has 1 heterocycles. The van der Waals surface area contributed by atoms with Gasteiger partial charge in [-0.15, -0.1) is 0 Å². The van der Waals surface area contributed by atoms with Gasteiger partial charge in [-0.3, -0.25) is 0 Å². The second-order valence-corrected chi connectivity index (χ2v) is 4.90. The Kier molecular flexibility index (Phi) is 5.21. The average molecular weight is 353 g/mol. The number of nitrogens with zero attached hydrogens (tertiary/aromatic N) is 2. The molecule has 2 rings (SSSR count). The molecule has 1 aromatic heterocycles. The summed E-state index contributed by atoms with van der Waals surface area (Å²) in [7, 11) is 3.23. The van der Waals surface area contributed by atoms with Crippen LogP contribution in [0.2, 0.25) is 0 Å². The zero-order chi connectivity index (χ0) is 15.2. The van der Waals surface area contributed by atoms with Crippen molar-refractivity contribution in [3.8, 4) is 11.5 Å². The fourth-order valence-corrected chi connectivity index (χ4v) is 2.22. The highest BCUT2D eigenvalue weighted by Gasteiger charge is 2.11. The maximum Gasteiger partial charge on any atom is 0.150 e. The van der Waals surface area contributed by atoms with Crippen LogP contribution in [-0.2, 0) is 0 Å². The number of ether oxygens (including phenoxy) is 2. The zero-order valence-corrected chi connectivity index (χ0v) is 13.7. The Morgan fingerprint density at radius 1 is 1.14 bits per heavy atom. The lowest BCUT2D eigenvalue weighted by molar-refractivity contribution is 0.395. The summed E-state index contributed by atoms with van der Waals surface area (Å²) in [4.78, 5) is 8.42. The molecule has 7 heteroatoms. The Labute approximate surface area is 132 Å². The van der Waals surface area contributed by atoms with E-state index in [-0.39, 0.29) is 0 Å². The summed E-state index contributed by atoms with van der Waals surface area (Å²) in [6.07, 6.45) is 1.50. The lowest BCUT2D eigenvalue weighted by atomic mass is 10.2. The topological polar surface area (TPSA) is 68.3 Å². The van der Waals surface area contributed by atoms with E-state index in [2.05, 4.69) is 36.5 Å². The molecule has 1 aromatic carbocycles. The third kappa shape index (κ3) is 3.55. The van der Waals surface area contributed by atoms with Crippen LogP contribution >= 0.6 is 15.9 Å². The minimum Gasteiger partial charge on any atom is -0.497 e. The van der Waals surface area contributed by atoms with Gasteiger partial charge >= 0.3 is 0 Å². The lowest BCUT2D eigenvalue weighted by Crippen LogP contribution is -2.04. The lowest BCUT2D eigenvalue weighted by Gasteiger charge is -2.14. The quantitative estimate of drug-likeness (QED) is 0.829. The van der Waals surface area contributed by atoms with Gasteiger partial charge in [0, 0.05) is 12.6 Å². The fourth-order valence-electron chi connectivity index (χ4n) is 1.78. The summed E-state index contributed by atoms with van der Waals surface area (Å²) >= 11 is 3.50. The van der Waals surface area contributed by atoms with Crippen molar-refractivity contribution < 1.29 is 9.47 Å². The van der Waals surface area contributed by atoms with Gasteiger partial charge in [-0.25, -0.2) is 9.97 Å². The van der Waals surface area contributed by atoms with Crippen LogP contribution < -0.4 is 20.1 Å². The Morgan fingerprint density at radius 2 is 1.90 bits per heavy atom. The SMILES string of the molecule is CCNc1ncnc(Nc2ccc(OC)cc2OC)c1Br. The average Bonchev–Trinajstić information content (AvgIpc) is 2.51. The van der Waals surface area contributed by atoms with Crippen LogP contribution in [0.15, 0.2) is 29.0 Å². The van der Waals surface area contributed by atoms with Crippen molar-refractivity contribution >= 4 is 33.3 Å². The molecule has 21 heavy (non-hydrogen) atoms. The third-order valence-corrected chi connectivity index (χ3v) is 3.55. The van der Waals surface area contributed by atoms with Gasteiger partial charge in [0.05, 0.1) is 19.9 Å². The van der Waals surface area contributed by atoms with Crippen LogP contribution in [0.5, 0.6) is 11.5 Å². The van der Waals surface area contributed by atoms with Crippen LogP contribution in [-0.4, -0.2) is 30.7 Å². The van der Waals surface area contributed by atoms with Crippen LogP contribution in [0, 0.1) is 0 Å². The molecule has 6 nitrogen and oxygen atoms in total. The number of rotatable bonds is 6. The fraction of sp³-hybridized carbons (Fsp3) is 0.286. The van der Waals surface area contributed by atoms with Crippen molar-refractivity contribution in [1.29, 1.82) is 0 Å². The number of aromatic nitrogens is 2. The molecular formula is C14H17BrN4O2. The molecule has 0 unspecified atom stereocenters. The van der Waals surface area contributed by atoms with Crippen LogP contribution in [0.4, 0.5) is 17.3 Å². The molecule has 0 saturated heterocycles. The molecule has 112 valence electrons. The van der Waals surface area contributed by atoms with Gasteiger partial charge in [-0.05, 0) is 35.0 Å². The van der Waals surface area contributed by atoms with Crippen LogP contribution in [0.25, 0.3) is 0 Å². The molecule has 0 radical (unpaired) electrons. The normalized spacial score (nSPS) is 10.1. The van der Waals surface area contributed by atoms with E-state index in [9.17, 15) is 0 Å². The highest BCUT2D eigenvalue weighted by atomic mass is 79.9. The summed E-state index contributed by atoms with van der Waals surface area (Å²) in [5.74, 6) is 2.80. The van der Waals surface area contributed by atoms with Crippen molar-refractivity contribution in [1.82, 2.24) is 9.97 Å². The number of methoxy groups -OCH3 is 2. The summed E-state index contributed by atoms with van der Waals surface area (Å²) in [5, 5.41) is 6.38. The standard InChI is InChI=1S/C14H17BrN4O2/c1-4-16-13-12(15)14(18-8-17-13)19-10-6-5-9(20-2)7-11(10)21-3/h5-8H,4H2,1-3H3,(H2,16,17,18,19). The molecule has 0 atom stereocenters. The van der Waals surface area contributed by atoms with Crippen molar-refractivity contribution in [2.75, 3.05) is 31.4 Å². The molecule has 0 amide bonds. The molecule has 2 aromatic rings. The summed E-state index contributed by atoms with van der Waals surface area (Å²) in [6, 6.07) is 5.53. The molecule has 2 N–H and O–H groups in total. The maximum absolute atomic E-state index is 5.36. The molecule has 0 spiro atoms. The maximum atomic E-state index is 5.36. The molecular weight excluding hydrogens is 336 g/mol. The van der Waals surface area contributed by atoms with Gasteiger partial charge in [0.2, 0.25) is 0 Å². The van der Waals surface area contributed by atoms with Crippen molar-refractivity contribution in [3.63, 3.8) is 0 Å². The second-order valence-electron chi connectivity index (χ2n) is 4.11. The molecule has 0 fully saturated rings. The smallest absolute Gasteiger partial charge is 0.150 e. The van der Waals surface area contributed by atoms with E-state index in [1.807, 2.05) is 25.1 Å². The van der Waals surface area contributed by atoms with E-state index in [0.717, 1.165) is 28.3 Å². The minimum absolute atomic E-state index is 0.657. The van der Waals surface area contributed by atoms with Gasteiger partial charge in [0.25, 0.3) is 0 Å². The van der Waals surface area contributed by atoms with Crippen LogP contribution in [0.3, 0.4) is 0 Å². The van der Waals surface area contributed by atoms with Gasteiger partial charge < -0.3 is 20.1 Å². The second kappa shape index (κ2) is 7.12. The molecule has 0 bridgehead atoms. The largest absolute Gasteiger partial charge is 0.497 e. The monoisotopic (exact) mass is 352 g/mol. The predicted octanol–water partition coefficient (Wildman–Crippen LogP) is 3.43. The van der Waals surface area contributed by atoms with E-state index < -0.39 is 0 Å². The van der Waals surface area contributed by atoms with Crippen molar-refractivity contribution in [2.45, 2.75) is 6.92 Å². The summed E-state index contributed by atoms with van der Waals surface area (Å²) in [6.45, 7) is 2.79. The first-order valence-electron chi connectivity index (χ1n) is 6.43. The van der Waals surface area contributed by atoms with Gasteiger partial charge in [-0.1, -0.05) is 0 Å². The Morgan fingerprint density at radius 3 is 2.57 bits per heavy atom. The molecule has 0 saturated carbocycles. The molecule has 0 aliphatic rings. The first-order valence-corrected chi connectivity index (χ1v) is 7.22. The number of halogens is 1. The first kappa shape index (κ1) is 15.4. The molecule has 0 aliphatic carbocycles. The van der Waals surface area contributed by atoms with Crippen molar-refractivity contribution in [3.05, 3.63) is 29.0 Å². The third-order valence-electron chi connectivity index (χ3n) is 2.80. The number of nitrogens with one attached hydrogen (secondary N) is 2. The summed E-state index contributed by atoms with van der Waals surface area (Å²) in [5.41, 5.74) is 0.792. The predicted molar refractivity (Wildman–Crippen MR) is 86.7 cm³/mol. The number of hydrogen-bond donors (Lipinski definition) is 2. The van der Waals surface area contributed by atoms with E-state index >= 15 is 0 Å². The van der Waals surface area contributed by atoms with Gasteiger partial charge in [0.1, 0.15) is 33.9 Å². The van der Waals surface area contributed by atoms with Gasteiger partial charge in [-0.2, -0.15) is 0 Å². The van der Waals surface area contributed by atoms with E-state index in [1.165, 1.54) is 6.33 Å². The van der Waals surface area contributed by atoms with Crippen LogP contribution in [0.1, 0.15) is 6.92 Å². The zero-order valence-electron chi connectivity index (χ0n) is 12.1.